The average molecular weight is 209 g/mol. The van der Waals surface area contributed by atoms with Crippen LogP contribution in [0.1, 0.15) is 25.0 Å². The maximum Gasteiger partial charge on any atom is 0.303 e. The van der Waals surface area contributed by atoms with Crippen LogP contribution >= 0.6 is 0 Å². The molecule has 0 aliphatic carbocycles. The first-order valence-electron chi connectivity index (χ1n) is 4.99. The second-order valence-electron chi connectivity index (χ2n) is 3.51. The van der Waals surface area contributed by atoms with Gasteiger partial charge in [-0.3, -0.25) is 9.59 Å². The number of hydrogen-bond donors (Lipinski definition) is 1. The highest BCUT2D eigenvalue weighted by Gasteiger charge is 2.00. The maximum absolute atomic E-state index is 11.4. The highest BCUT2D eigenvalue weighted by Crippen LogP contribution is 2.00. The first-order chi connectivity index (χ1) is 7.11. The van der Waals surface area contributed by atoms with Crippen LogP contribution in [0.25, 0.3) is 0 Å². The van der Waals surface area contributed by atoms with Gasteiger partial charge in [-0.15, -0.1) is 0 Å². The van der Waals surface area contributed by atoms with E-state index in [2.05, 4.69) is 0 Å². The summed E-state index contributed by atoms with van der Waals surface area (Å²) in [7, 11) is 0. The van der Waals surface area contributed by atoms with E-state index in [9.17, 15) is 9.59 Å². The second kappa shape index (κ2) is 5.34. The molecule has 1 aromatic heterocycles. The fraction of sp³-hybridized carbons (Fsp3) is 0.455. The Morgan fingerprint density at radius 1 is 1.40 bits per heavy atom. The molecule has 0 aliphatic heterocycles. The van der Waals surface area contributed by atoms with Crippen molar-refractivity contribution in [1.82, 2.24) is 4.57 Å². The molecule has 1 rings (SSSR count). The summed E-state index contributed by atoms with van der Waals surface area (Å²) < 4.78 is 1.67. The molecule has 0 saturated carbocycles. The molecule has 0 fully saturated rings. The number of aryl methyl sites for hydroxylation is 1. The van der Waals surface area contributed by atoms with E-state index in [-0.39, 0.29) is 12.0 Å². The van der Waals surface area contributed by atoms with Crippen LogP contribution < -0.4 is 5.56 Å². The van der Waals surface area contributed by atoms with Gasteiger partial charge in [-0.2, -0.15) is 0 Å². The van der Waals surface area contributed by atoms with Crippen LogP contribution in [0.5, 0.6) is 0 Å². The van der Waals surface area contributed by atoms with Gasteiger partial charge in [0.25, 0.3) is 5.56 Å². The van der Waals surface area contributed by atoms with E-state index in [1.54, 1.807) is 10.6 Å². The molecule has 0 spiro atoms. The Morgan fingerprint density at radius 2 is 2.13 bits per heavy atom. The molecular weight excluding hydrogens is 194 g/mol. The van der Waals surface area contributed by atoms with Crippen LogP contribution in [-0.4, -0.2) is 15.6 Å². The van der Waals surface area contributed by atoms with Crippen LogP contribution in [0.4, 0.5) is 0 Å². The predicted octanol–water partition coefficient (Wildman–Crippen LogP) is 1.41. The van der Waals surface area contributed by atoms with Crippen molar-refractivity contribution in [3.8, 4) is 0 Å². The van der Waals surface area contributed by atoms with Gasteiger partial charge in [0.05, 0.1) is 0 Å². The lowest BCUT2D eigenvalue weighted by molar-refractivity contribution is -0.137. The lowest BCUT2D eigenvalue weighted by atomic mass is 10.2. The quantitative estimate of drug-likeness (QED) is 0.746. The molecule has 1 N–H and O–H groups in total. The molecular formula is C11H15NO3. The van der Waals surface area contributed by atoms with E-state index >= 15 is 0 Å². The van der Waals surface area contributed by atoms with Gasteiger partial charge in [-0.25, -0.2) is 0 Å². The molecule has 0 radical (unpaired) electrons. The standard InChI is InChI=1S/C11H15NO3/c1-9-5-4-6-10(13)12(9)8-3-2-7-11(14)15/h4-6H,2-3,7-8H2,1H3,(H,14,15). The molecule has 0 aromatic carbocycles. The largest absolute Gasteiger partial charge is 0.481 e. The highest BCUT2D eigenvalue weighted by molar-refractivity contribution is 5.66. The summed E-state index contributed by atoms with van der Waals surface area (Å²) in [6.07, 6.45) is 1.49. The summed E-state index contributed by atoms with van der Waals surface area (Å²) in [4.78, 5) is 21.7. The summed E-state index contributed by atoms with van der Waals surface area (Å²) in [6.45, 7) is 2.47. The number of pyridine rings is 1. The minimum Gasteiger partial charge on any atom is -0.481 e. The van der Waals surface area contributed by atoms with Crippen molar-refractivity contribution in [2.45, 2.75) is 32.7 Å². The third-order valence-corrected chi connectivity index (χ3v) is 2.29. The molecule has 0 unspecified atom stereocenters. The van der Waals surface area contributed by atoms with Crippen molar-refractivity contribution in [1.29, 1.82) is 0 Å². The fourth-order valence-corrected chi connectivity index (χ4v) is 1.46. The fourth-order valence-electron chi connectivity index (χ4n) is 1.46. The summed E-state index contributed by atoms with van der Waals surface area (Å²) in [5.74, 6) is -0.785. The van der Waals surface area contributed by atoms with Crippen molar-refractivity contribution in [2.75, 3.05) is 0 Å². The zero-order chi connectivity index (χ0) is 11.3. The van der Waals surface area contributed by atoms with Crippen molar-refractivity contribution in [3.63, 3.8) is 0 Å². The number of carbonyl (C=O) groups is 1. The number of carboxylic acid groups (broad SMARTS) is 1. The molecule has 0 bridgehead atoms. The normalized spacial score (nSPS) is 10.2. The SMILES string of the molecule is Cc1cccc(=O)n1CCCCC(=O)O. The van der Waals surface area contributed by atoms with Gasteiger partial charge < -0.3 is 9.67 Å². The Kier molecular flexibility index (Phi) is 4.09. The van der Waals surface area contributed by atoms with Crippen LogP contribution in [-0.2, 0) is 11.3 Å². The third kappa shape index (κ3) is 3.58. The van der Waals surface area contributed by atoms with Crippen molar-refractivity contribution < 1.29 is 9.90 Å². The van der Waals surface area contributed by atoms with E-state index in [1.807, 2.05) is 13.0 Å². The van der Waals surface area contributed by atoms with Gasteiger partial charge in [-0.05, 0) is 25.8 Å². The first-order valence-corrected chi connectivity index (χ1v) is 4.99. The summed E-state index contributed by atoms with van der Waals surface area (Å²) in [6, 6.07) is 5.12. The molecule has 82 valence electrons. The van der Waals surface area contributed by atoms with E-state index < -0.39 is 5.97 Å². The average Bonchev–Trinajstić information content (AvgIpc) is 2.15. The summed E-state index contributed by atoms with van der Waals surface area (Å²) >= 11 is 0. The van der Waals surface area contributed by atoms with Gasteiger partial charge >= 0.3 is 5.97 Å². The zero-order valence-electron chi connectivity index (χ0n) is 8.77. The lowest BCUT2D eigenvalue weighted by Gasteiger charge is -2.08. The molecule has 1 heterocycles. The Balaban J connectivity index is 2.51. The number of carboxylic acids is 1. The lowest BCUT2D eigenvalue weighted by Crippen LogP contribution is -2.20. The molecule has 4 nitrogen and oxygen atoms in total. The Hall–Kier alpha value is -1.58. The molecule has 0 aliphatic rings. The van der Waals surface area contributed by atoms with Crippen molar-refractivity contribution in [2.24, 2.45) is 0 Å². The minimum absolute atomic E-state index is 0.0228. The first kappa shape index (κ1) is 11.5. The van der Waals surface area contributed by atoms with Crippen molar-refractivity contribution in [3.05, 3.63) is 34.2 Å². The van der Waals surface area contributed by atoms with Gasteiger partial charge in [0.15, 0.2) is 0 Å². The predicted molar refractivity (Wildman–Crippen MR) is 56.9 cm³/mol. The minimum atomic E-state index is -0.785. The van der Waals surface area contributed by atoms with E-state index in [4.69, 9.17) is 5.11 Å². The number of aliphatic carboxylic acids is 1. The zero-order valence-corrected chi connectivity index (χ0v) is 8.77. The van der Waals surface area contributed by atoms with E-state index in [0.29, 0.717) is 13.0 Å². The van der Waals surface area contributed by atoms with Crippen molar-refractivity contribution >= 4 is 5.97 Å². The van der Waals surface area contributed by atoms with Crippen LogP contribution in [0, 0.1) is 6.92 Å². The monoisotopic (exact) mass is 209 g/mol. The summed E-state index contributed by atoms with van der Waals surface area (Å²) in [5, 5.41) is 8.45. The van der Waals surface area contributed by atoms with Crippen LogP contribution in [0.2, 0.25) is 0 Å². The van der Waals surface area contributed by atoms with Gasteiger partial charge in [0.2, 0.25) is 0 Å². The number of hydrogen-bond acceptors (Lipinski definition) is 2. The Labute approximate surface area is 88.2 Å². The molecule has 1 aromatic rings. The van der Waals surface area contributed by atoms with E-state index in [0.717, 1.165) is 12.1 Å². The number of unbranched alkanes of at least 4 members (excludes halogenated alkanes) is 1. The van der Waals surface area contributed by atoms with Crippen LogP contribution in [0.3, 0.4) is 0 Å². The molecule has 0 amide bonds. The smallest absolute Gasteiger partial charge is 0.303 e. The number of rotatable bonds is 5. The molecule has 15 heavy (non-hydrogen) atoms. The molecule has 4 heteroatoms. The number of nitrogens with zero attached hydrogens (tertiary/aromatic N) is 1. The van der Waals surface area contributed by atoms with Crippen LogP contribution in [0.15, 0.2) is 23.0 Å². The maximum atomic E-state index is 11.4. The number of aromatic nitrogens is 1. The topological polar surface area (TPSA) is 59.3 Å². The third-order valence-electron chi connectivity index (χ3n) is 2.29. The van der Waals surface area contributed by atoms with Gasteiger partial charge in [0.1, 0.15) is 0 Å². The van der Waals surface area contributed by atoms with Gasteiger partial charge in [-0.1, -0.05) is 6.07 Å². The second-order valence-corrected chi connectivity index (χ2v) is 3.51. The van der Waals surface area contributed by atoms with Gasteiger partial charge in [0, 0.05) is 24.7 Å². The van der Waals surface area contributed by atoms with E-state index in [1.165, 1.54) is 6.07 Å². The molecule has 0 atom stereocenters. The molecule has 0 saturated heterocycles. The highest BCUT2D eigenvalue weighted by atomic mass is 16.4. The summed E-state index contributed by atoms with van der Waals surface area (Å²) in [5.41, 5.74) is 0.892. The Morgan fingerprint density at radius 3 is 2.73 bits per heavy atom. The Bertz CT molecular complexity index is 395.